The lowest BCUT2D eigenvalue weighted by molar-refractivity contribution is 0.352. The molecule has 0 saturated heterocycles. The maximum Gasteiger partial charge on any atom is 0.147 e. The summed E-state index contributed by atoms with van der Waals surface area (Å²) in [5.41, 5.74) is 6.23. The summed E-state index contributed by atoms with van der Waals surface area (Å²) < 4.78 is 18.1. The quantitative estimate of drug-likeness (QED) is 0.622. The Morgan fingerprint density at radius 1 is 1.64 bits per heavy atom. The fraction of sp³-hybridized carbons (Fsp3) is 0.200. The van der Waals surface area contributed by atoms with Crippen LogP contribution in [0, 0.1) is 5.82 Å². The highest BCUT2D eigenvalue weighted by Crippen LogP contribution is 2.29. The Bertz CT molecular complexity index is 365. The van der Waals surface area contributed by atoms with Crippen LogP contribution in [-0.2, 0) is 0 Å². The van der Waals surface area contributed by atoms with Crippen molar-refractivity contribution in [2.45, 2.75) is 6.92 Å². The third kappa shape index (κ3) is 2.64. The van der Waals surface area contributed by atoms with Crippen LogP contribution in [0.5, 0.6) is 5.75 Å². The van der Waals surface area contributed by atoms with Crippen LogP contribution in [0.1, 0.15) is 6.92 Å². The molecule has 0 amide bonds. The van der Waals surface area contributed by atoms with E-state index in [1.807, 2.05) is 6.92 Å². The van der Waals surface area contributed by atoms with Crippen LogP contribution in [0.3, 0.4) is 0 Å². The van der Waals surface area contributed by atoms with Gasteiger partial charge < -0.3 is 10.5 Å². The molecule has 0 aromatic heterocycles. The molecular formula is C10H11ClFNO. The number of rotatable bonds is 3. The van der Waals surface area contributed by atoms with Crippen LogP contribution < -0.4 is 10.5 Å². The largest absolute Gasteiger partial charge is 0.488 e. The molecule has 0 radical (unpaired) electrons. The molecule has 0 spiro atoms. The van der Waals surface area contributed by atoms with Gasteiger partial charge in [0, 0.05) is 6.07 Å². The molecular weight excluding hydrogens is 205 g/mol. The molecule has 0 bridgehead atoms. The number of nitrogen functional groups attached to an aromatic ring is 1. The summed E-state index contributed by atoms with van der Waals surface area (Å²) in [5.74, 6) is -0.175. The lowest BCUT2D eigenvalue weighted by Crippen LogP contribution is -2.00. The highest BCUT2D eigenvalue weighted by atomic mass is 35.5. The Morgan fingerprint density at radius 2 is 2.29 bits per heavy atom. The SMILES string of the molecule is C=C(C)COc1cc(N)c(F)cc1Cl. The molecule has 1 rings (SSSR count). The molecule has 0 aliphatic rings. The zero-order valence-corrected chi connectivity index (χ0v) is 8.57. The van der Waals surface area contributed by atoms with Gasteiger partial charge in [-0.25, -0.2) is 4.39 Å². The molecule has 0 unspecified atom stereocenters. The Labute approximate surface area is 87.1 Å². The molecule has 76 valence electrons. The minimum Gasteiger partial charge on any atom is -0.488 e. The van der Waals surface area contributed by atoms with Crippen molar-refractivity contribution >= 4 is 17.3 Å². The van der Waals surface area contributed by atoms with E-state index < -0.39 is 5.82 Å². The van der Waals surface area contributed by atoms with Crippen LogP contribution in [0.25, 0.3) is 0 Å². The fourth-order valence-corrected chi connectivity index (χ4v) is 1.06. The number of ether oxygens (including phenoxy) is 1. The van der Waals surface area contributed by atoms with Gasteiger partial charge in [0.05, 0.1) is 10.7 Å². The van der Waals surface area contributed by atoms with E-state index in [-0.39, 0.29) is 10.7 Å². The second kappa shape index (κ2) is 4.33. The molecule has 2 N–H and O–H groups in total. The topological polar surface area (TPSA) is 35.2 Å². The summed E-state index contributed by atoms with van der Waals surface area (Å²) >= 11 is 5.73. The highest BCUT2D eigenvalue weighted by Gasteiger charge is 2.06. The predicted molar refractivity (Wildman–Crippen MR) is 56.1 cm³/mol. The van der Waals surface area contributed by atoms with E-state index in [0.717, 1.165) is 11.6 Å². The van der Waals surface area contributed by atoms with Gasteiger partial charge in [0.1, 0.15) is 18.2 Å². The standard InChI is InChI=1S/C10H11ClFNO/c1-6(2)5-14-10-4-9(13)8(12)3-7(10)11/h3-4H,1,5,13H2,2H3. The van der Waals surface area contributed by atoms with Crippen LogP contribution in [-0.4, -0.2) is 6.61 Å². The molecule has 0 fully saturated rings. The maximum atomic E-state index is 12.9. The van der Waals surface area contributed by atoms with Gasteiger partial charge >= 0.3 is 0 Å². The second-order valence-corrected chi connectivity index (χ2v) is 3.46. The molecule has 0 aliphatic carbocycles. The number of hydrogen-bond acceptors (Lipinski definition) is 2. The number of hydrogen-bond donors (Lipinski definition) is 1. The van der Waals surface area contributed by atoms with Crippen molar-refractivity contribution in [1.82, 2.24) is 0 Å². The Balaban J connectivity index is 2.87. The van der Waals surface area contributed by atoms with Crippen molar-refractivity contribution in [2.75, 3.05) is 12.3 Å². The van der Waals surface area contributed by atoms with E-state index in [4.69, 9.17) is 22.1 Å². The smallest absolute Gasteiger partial charge is 0.147 e. The Kier molecular flexibility index (Phi) is 3.36. The summed E-state index contributed by atoms with van der Waals surface area (Å²) in [7, 11) is 0. The number of anilines is 1. The van der Waals surface area contributed by atoms with Gasteiger partial charge in [-0.3, -0.25) is 0 Å². The maximum absolute atomic E-state index is 12.9. The molecule has 0 atom stereocenters. The van der Waals surface area contributed by atoms with Crippen molar-refractivity contribution < 1.29 is 9.13 Å². The van der Waals surface area contributed by atoms with Crippen LogP contribution in [0.15, 0.2) is 24.3 Å². The lowest BCUT2D eigenvalue weighted by atomic mass is 10.3. The summed E-state index contributed by atoms with van der Waals surface area (Å²) in [5, 5.41) is 0.206. The van der Waals surface area contributed by atoms with E-state index >= 15 is 0 Å². The van der Waals surface area contributed by atoms with E-state index in [9.17, 15) is 4.39 Å². The summed E-state index contributed by atoms with van der Waals surface area (Å²) in [6, 6.07) is 2.49. The Morgan fingerprint density at radius 3 is 2.86 bits per heavy atom. The Hall–Kier alpha value is -1.22. The van der Waals surface area contributed by atoms with Gasteiger partial charge in [-0.2, -0.15) is 0 Å². The van der Waals surface area contributed by atoms with Gasteiger partial charge in [-0.05, 0) is 18.6 Å². The molecule has 1 aromatic carbocycles. The number of halogens is 2. The number of benzene rings is 1. The van der Waals surface area contributed by atoms with Crippen molar-refractivity contribution in [1.29, 1.82) is 0 Å². The molecule has 0 heterocycles. The van der Waals surface area contributed by atoms with Gasteiger partial charge in [0.15, 0.2) is 0 Å². The first-order valence-electron chi connectivity index (χ1n) is 4.02. The third-order valence-corrected chi connectivity index (χ3v) is 1.82. The number of nitrogens with two attached hydrogens (primary N) is 1. The molecule has 0 aliphatic heterocycles. The van der Waals surface area contributed by atoms with E-state index in [1.54, 1.807) is 0 Å². The lowest BCUT2D eigenvalue weighted by Gasteiger charge is -2.08. The van der Waals surface area contributed by atoms with Crippen molar-refractivity contribution in [3.63, 3.8) is 0 Å². The van der Waals surface area contributed by atoms with Crippen molar-refractivity contribution in [3.8, 4) is 5.75 Å². The van der Waals surface area contributed by atoms with Crippen molar-refractivity contribution in [2.24, 2.45) is 0 Å². The van der Waals surface area contributed by atoms with Crippen LogP contribution >= 0.6 is 11.6 Å². The fourth-order valence-electron chi connectivity index (χ4n) is 0.856. The zero-order valence-electron chi connectivity index (χ0n) is 7.81. The van der Waals surface area contributed by atoms with Gasteiger partial charge in [-0.1, -0.05) is 18.2 Å². The minimum atomic E-state index is -0.544. The summed E-state index contributed by atoms with van der Waals surface area (Å²) in [4.78, 5) is 0. The first kappa shape index (κ1) is 10.9. The summed E-state index contributed by atoms with van der Waals surface area (Å²) in [6.07, 6.45) is 0. The van der Waals surface area contributed by atoms with Crippen molar-refractivity contribution in [3.05, 3.63) is 35.1 Å². The molecule has 1 aromatic rings. The molecule has 14 heavy (non-hydrogen) atoms. The molecule has 4 heteroatoms. The van der Waals surface area contributed by atoms with E-state index in [2.05, 4.69) is 6.58 Å². The van der Waals surface area contributed by atoms with E-state index in [0.29, 0.717) is 12.4 Å². The average molecular weight is 216 g/mol. The van der Waals surface area contributed by atoms with Crippen LogP contribution in [0.2, 0.25) is 5.02 Å². The molecule has 0 saturated carbocycles. The highest BCUT2D eigenvalue weighted by molar-refractivity contribution is 6.32. The normalized spacial score (nSPS) is 9.93. The predicted octanol–water partition coefficient (Wildman–Crippen LogP) is 3.02. The molecule has 2 nitrogen and oxygen atoms in total. The van der Waals surface area contributed by atoms with Crippen LogP contribution in [0.4, 0.5) is 10.1 Å². The first-order chi connectivity index (χ1) is 6.50. The van der Waals surface area contributed by atoms with Gasteiger partial charge in [-0.15, -0.1) is 0 Å². The minimum absolute atomic E-state index is 0.0196. The first-order valence-corrected chi connectivity index (χ1v) is 4.40. The van der Waals surface area contributed by atoms with Gasteiger partial charge in [0.25, 0.3) is 0 Å². The monoisotopic (exact) mass is 215 g/mol. The second-order valence-electron chi connectivity index (χ2n) is 3.05. The summed E-state index contributed by atoms with van der Waals surface area (Å²) in [6.45, 7) is 5.82. The third-order valence-electron chi connectivity index (χ3n) is 1.53. The average Bonchev–Trinajstić information content (AvgIpc) is 2.09. The van der Waals surface area contributed by atoms with Gasteiger partial charge in [0.2, 0.25) is 0 Å². The zero-order chi connectivity index (χ0) is 10.7. The van der Waals surface area contributed by atoms with E-state index in [1.165, 1.54) is 6.07 Å².